The van der Waals surface area contributed by atoms with Crippen molar-refractivity contribution in [1.29, 1.82) is 0 Å². The number of nitrogens with zero attached hydrogens (tertiary/aromatic N) is 2. The highest BCUT2D eigenvalue weighted by Crippen LogP contribution is 2.40. The standard InChI is InChI=1S/C21H26F2N2O5S/c1-28-17-9-8-15(19(29-2)20(17)30-3)14-24-10-12-25(13-11-24)16-6-4-5-7-18(16)31(26,27)21(22)23/h4-9,21H,10-14H2,1-3H3. The van der Waals surface area contributed by atoms with E-state index in [-0.39, 0.29) is 4.90 Å². The van der Waals surface area contributed by atoms with Gasteiger partial charge in [-0.1, -0.05) is 18.2 Å². The third kappa shape index (κ3) is 4.69. The lowest BCUT2D eigenvalue weighted by atomic mass is 10.1. The molecule has 0 atom stereocenters. The van der Waals surface area contributed by atoms with E-state index in [1.54, 1.807) is 33.5 Å². The maximum atomic E-state index is 13.1. The summed E-state index contributed by atoms with van der Waals surface area (Å²) in [7, 11) is 0.00260. The lowest BCUT2D eigenvalue weighted by Crippen LogP contribution is -2.46. The van der Waals surface area contributed by atoms with Crippen molar-refractivity contribution < 1.29 is 31.4 Å². The first-order valence-corrected chi connectivity index (χ1v) is 11.2. The predicted octanol–water partition coefficient (Wildman–Crippen LogP) is 3.03. The maximum Gasteiger partial charge on any atom is 0.341 e. The van der Waals surface area contributed by atoms with Gasteiger partial charge in [0.05, 0.1) is 31.9 Å². The van der Waals surface area contributed by atoms with Crippen molar-refractivity contribution in [3.8, 4) is 17.2 Å². The summed E-state index contributed by atoms with van der Waals surface area (Å²) in [4.78, 5) is 3.68. The van der Waals surface area contributed by atoms with Crippen LogP contribution in [0.15, 0.2) is 41.3 Å². The van der Waals surface area contributed by atoms with Crippen LogP contribution in [0.1, 0.15) is 5.56 Å². The van der Waals surface area contributed by atoms with Gasteiger partial charge >= 0.3 is 5.76 Å². The average molecular weight is 457 g/mol. The quantitative estimate of drug-likeness (QED) is 0.605. The van der Waals surface area contributed by atoms with Crippen LogP contribution in [0.3, 0.4) is 0 Å². The predicted molar refractivity (Wildman–Crippen MR) is 113 cm³/mol. The Morgan fingerprint density at radius 3 is 2.13 bits per heavy atom. The fraction of sp³-hybridized carbons (Fsp3) is 0.429. The molecule has 2 aromatic carbocycles. The van der Waals surface area contributed by atoms with E-state index >= 15 is 0 Å². The number of sulfone groups is 1. The molecule has 1 fully saturated rings. The molecule has 3 rings (SSSR count). The van der Waals surface area contributed by atoms with E-state index in [0.717, 1.165) is 5.56 Å². The van der Waals surface area contributed by atoms with Gasteiger partial charge < -0.3 is 19.1 Å². The Hall–Kier alpha value is -2.59. The Morgan fingerprint density at radius 1 is 0.903 bits per heavy atom. The first-order chi connectivity index (χ1) is 14.8. The van der Waals surface area contributed by atoms with Gasteiger partial charge in [0.2, 0.25) is 15.6 Å². The van der Waals surface area contributed by atoms with Crippen LogP contribution < -0.4 is 19.1 Å². The second-order valence-corrected chi connectivity index (χ2v) is 8.92. The number of alkyl halides is 2. The normalized spacial score (nSPS) is 15.2. The number of methoxy groups -OCH3 is 3. The summed E-state index contributed by atoms with van der Waals surface area (Å²) in [5.74, 6) is -1.76. The minimum Gasteiger partial charge on any atom is -0.493 e. The number of anilines is 1. The molecule has 170 valence electrons. The van der Waals surface area contributed by atoms with Crippen LogP contribution in [0.5, 0.6) is 17.2 Å². The molecule has 0 unspecified atom stereocenters. The molecule has 0 spiro atoms. The van der Waals surface area contributed by atoms with Crippen molar-refractivity contribution in [2.75, 3.05) is 52.4 Å². The largest absolute Gasteiger partial charge is 0.493 e. The molecule has 0 amide bonds. The van der Waals surface area contributed by atoms with E-state index < -0.39 is 15.6 Å². The summed E-state index contributed by atoms with van der Waals surface area (Å²) in [6.07, 6.45) is 0. The molecular weight excluding hydrogens is 430 g/mol. The molecule has 31 heavy (non-hydrogen) atoms. The van der Waals surface area contributed by atoms with Crippen LogP contribution in [-0.2, 0) is 16.4 Å². The third-order valence-electron chi connectivity index (χ3n) is 5.30. The Labute approximate surface area is 181 Å². The fourth-order valence-corrected chi connectivity index (χ4v) is 4.68. The van der Waals surface area contributed by atoms with E-state index in [9.17, 15) is 17.2 Å². The Balaban J connectivity index is 1.75. The summed E-state index contributed by atoms with van der Waals surface area (Å²) < 4.78 is 66.6. The van der Waals surface area contributed by atoms with Crippen molar-refractivity contribution >= 4 is 15.5 Å². The number of ether oxygens (including phenoxy) is 3. The zero-order valence-electron chi connectivity index (χ0n) is 17.7. The van der Waals surface area contributed by atoms with Gasteiger partial charge in [0, 0.05) is 38.3 Å². The molecule has 0 aliphatic carbocycles. The summed E-state index contributed by atoms with van der Waals surface area (Å²) in [6, 6.07) is 9.65. The Bertz CT molecular complexity index is 1010. The molecule has 7 nitrogen and oxygen atoms in total. The van der Waals surface area contributed by atoms with Gasteiger partial charge in [-0.15, -0.1) is 0 Å². The van der Waals surface area contributed by atoms with Crippen LogP contribution in [0, 0.1) is 0 Å². The number of benzene rings is 2. The van der Waals surface area contributed by atoms with E-state index in [4.69, 9.17) is 14.2 Å². The van der Waals surface area contributed by atoms with Gasteiger partial charge in [0.15, 0.2) is 11.5 Å². The summed E-state index contributed by atoms with van der Waals surface area (Å²) in [5, 5.41) is 0. The molecule has 0 N–H and O–H groups in total. The van der Waals surface area contributed by atoms with Gasteiger partial charge in [0.1, 0.15) is 0 Å². The number of hydrogen-bond acceptors (Lipinski definition) is 7. The highest BCUT2D eigenvalue weighted by molar-refractivity contribution is 7.91. The molecule has 1 saturated heterocycles. The van der Waals surface area contributed by atoms with Crippen molar-refractivity contribution in [2.45, 2.75) is 17.2 Å². The third-order valence-corrected chi connectivity index (χ3v) is 6.73. The molecule has 0 aromatic heterocycles. The number of rotatable bonds is 8. The summed E-state index contributed by atoms with van der Waals surface area (Å²) in [5.41, 5.74) is 1.24. The average Bonchev–Trinajstić information content (AvgIpc) is 2.79. The highest BCUT2D eigenvalue weighted by atomic mass is 32.2. The molecular formula is C21H26F2N2O5S. The van der Waals surface area contributed by atoms with Crippen molar-refractivity contribution in [3.63, 3.8) is 0 Å². The van der Waals surface area contributed by atoms with Crippen LogP contribution in [0.25, 0.3) is 0 Å². The molecule has 0 bridgehead atoms. The van der Waals surface area contributed by atoms with Crippen molar-refractivity contribution in [1.82, 2.24) is 4.90 Å². The topological polar surface area (TPSA) is 68.3 Å². The maximum absolute atomic E-state index is 13.1. The molecule has 10 heteroatoms. The molecule has 2 aromatic rings. The summed E-state index contributed by atoms with van der Waals surface area (Å²) >= 11 is 0. The second-order valence-electron chi connectivity index (χ2n) is 7.03. The Morgan fingerprint density at radius 2 is 1.55 bits per heavy atom. The molecule has 0 saturated carbocycles. The first kappa shape index (κ1) is 23.1. The van der Waals surface area contributed by atoms with Gasteiger partial charge in [-0.3, -0.25) is 4.90 Å². The van der Waals surface area contributed by atoms with Crippen LogP contribution >= 0.6 is 0 Å². The second kappa shape index (κ2) is 9.69. The van der Waals surface area contributed by atoms with E-state index in [0.29, 0.717) is 55.7 Å². The van der Waals surface area contributed by atoms with Gasteiger partial charge in [-0.05, 0) is 18.2 Å². The van der Waals surface area contributed by atoms with Crippen molar-refractivity contribution in [3.05, 3.63) is 42.0 Å². The van der Waals surface area contributed by atoms with Crippen LogP contribution in [0.4, 0.5) is 14.5 Å². The fourth-order valence-electron chi connectivity index (χ4n) is 3.73. The molecule has 1 aliphatic rings. The monoisotopic (exact) mass is 456 g/mol. The summed E-state index contributed by atoms with van der Waals surface area (Å²) in [6.45, 7) is 2.85. The van der Waals surface area contributed by atoms with Gasteiger partial charge in [0.25, 0.3) is 0 Å². The highest BCUT2D eigenvalue weighted by Gasteiger charge is 2.31. The van der Waals surface area contributed by atoms with E-state index in [2.05, 4.69) is 4.90 Å². The van der Waals surface area contributed by atoms with Crippen LogP contribution in [0.2, 0.25) is 0 Å². The zero-order valence-corrected chi connectivity index (χ0v) is 18.5. The first-order valence-electron chi connectivity index (χ1n) is 9.69. The van der Waals surface area contributed by atoms with E-state index in [1.807, 2.05) is 17.0 Å². The number of para-hydroxylation sites is 1. The number of piperazine rings is 1. The lowest BCUT2D eigenvalue weighted by molar-refractivity contribution is 0.234. The van der Waals surface area contributed by atoms with Crippen LogP contribution in [-0.4, -0.2) is 66.6 Å². The van der Waals surface area contributed by atoms with Gasteiger partial charge in [-0.25, -0.2) is 8.42 Å². The number of hydrogen-bond donors (Lipinski definition) is 0. The van der Waals surface area contributed by atoms with Crippen molar-refractivity contribution in [2.24, 2.45) is 0 Å². The minimum absolute atomic E-state index is 0.311. The molecule has 1 aliphatic heterocycles. The SMILES string of the molecule is COc1ccc(CN2CCN(c3ccccc3S(=O)(=O)C(F)F)CC2)c(OC)c1OC. The lowest BCUT2D eigenvalue weighted by Gasteiger charge is -2.37. The molecule has 1 heterocycles. The zero-order chi connectivity index (χ0) is 22.6. The smallest absolute Gasteiger partial charge is 0.341 e. The van der Waals surface area contributed by atoms with E-state index in [1.165, 1.54) is 12.1 Å². The van der Waals surface area contributed by atoms with Gasteiger partial charge in [-0.2, -0.15) is 8.78 Å². The minimum atomic E-state index is -4.67. The Kier molecular flexibility index (Phi) is 7.22. The number of halogens is 2. The molecule has 0 radical (unpaired) electrons.